The maximum atomic E-state index is 11.2. The van der Waals surface area contributed by atoms with Crippen LogP contribution in [0, 0.1) is 5.92 Å². The van der Waals surface area contributed by atoms with Gasteiger partial charge in [-0.3, -0.25) is 4.79 Å². The minimum atomic E-state index is -0.0569. The lowest BCUT2D eigenvalue weighted by molar-refractivity contribution is -0.145. The summed E-state index contributed by atoms with van der Waals surface area (Å²) >= 11 is 0. The van der Waals surface area contributed by atoms with Crippen molar-refractivity contribution >= 4 is 5.97 Å². The van der Waals surface area contributed by atoms with Crippen LogP contribution in [0.25, 0.3) is 0 Å². The molecule has 2 nitrogen and oxygen atoms in total. The van der Waals surface area contributed by atoms with Crippen molar-refractivity contribution in [1.82, 2.24) is 0 Å². The van der Waals surface area contributed by atoms with E-state index in [1.165, 1.54) is 7.11 Å². The molecule has 0 radical (unpaired) electrons. The van der Waals surface area contributed by atoms with Crippen LogP contribution < -0.4 is 0 Å². The number of carbonyl (C=O) groups excluding carboxylic acids is 1. The Hall–Kier alpha value is -0.790. The normalized spacial score (nSPS) is 13.1. The first-order valence-electron chi connectivity index (χ1n) is 5.45. The van der Waals surface area contributed by atoms with Gasteiger partial charge >= 0.3 is 5.97 Å². The summed E-state index contributed by atoms with van der Waals surface area (Å²) in [5.41, 5.74) is 0. The minimum absolute atomic E-state index is 0.0569. The molecule has 1 unspecified atom stereocenters. The molecule has 82 valence electrons. The van der Waals surface area contributed by atoms with Gasteiger partial charge in [0.15, 0.2) is 0 Å². The first-order chi connectivity index (χ1) is 6.76. The molecule has 0 aliphatic carbocycles. The molecule has 14 heavy (non-hydrogen) atoms. The van der Waals surface area contributed by atoms with Crippen LogP contribution in [-0.4, -0.2) is 13.1 Å². The van der Waals surface area contributed by atoms with E-state index in [1.54, 1.807) is 0 Å². The minimum Gasteiger partial charge on any atom is -0.469 e. The van der Waals surface area contributed by atoms with Gasteiger partial charge in [-0.15, -0.1) is 0 Å². The van der Waals surface area contributed by atoms with Crippen molar-refractivity contribution in [2.45, 2.75) is 46.0 Å². The highest BCUT2D eigenvalue weighted by Gasteiger charge is 2.15. The molecule has 0 aliphatic heterocycles. The summed E-state index contributed by atoms with van der Waals surface area (Å²) in [6.45, 7) is 4.07. The molecule has 2 heteroatoms. The van der Waals surface area contributed by atoms with Crippen LogP contribution in [0.4, 0.5) is 0 Å². The lowest BCUT2D eigenvalue weighted by Crippen LogP contribution is -2.15. The third-order valence-corrected chi connectivity index (χ3v) is 2.44. The molecule has 0 aromatic rings. The number of hydrogen-bond acceptors (Lipinski definition) is 2. The van der Waals surface area contributed by atoms with Gasteiger partial charge in [0.2, 0.25) is 0 Å². The third kappa shape index (κ3) is 5.79. The number of hydrogen-bond donors (Lipinski definition) is 0. The predicted octanol–water partition coefficient (Wildman–Crippen LogP) is 3.32. The van der Waals surface area contributed by atoms with Gasteiger partial charge in [0.1, 0.15) is 0 Å². The molecule has 0 aromatic heterocycles. The van der Waals surface area contributed by atoms with Crippen molar-refractivity contribution in [3.05, 3.63) is 12.2 Å². The number of allylic oxidation sites excluding steroid dienone is 2. The molecule has 0 saturated carbocycles. The van der Waals surface area contributed by atoms with E-state index in [0.717, 1.165) is 32.1 Å². The monoisotopic (exact) mass is 198 g/mol. The highest BCUT2D eigenvalue weighted by molar-refractivity contribution is 5.72. The fourth-order valence-electron chi connectivity index (χ4n) is 1.47. The summed E-state index contributed by atoms with van der Waals surface area (Å²) in [6, 6.07) is 0. The Bertz CT molecular complexity index is 173. The lowest BCUT2D eigenvalue weighted by Gasteiger charge is -2.11. The van der Waals surface area contributed by atoms with Gasteiger partial charge in [0.25, 0.3) is 0 Å². The van der Waals surface area contributed by atoms with E-state index in [1.807, 2.05) is 13.8 Å². The summed E-state index contributed by atoms with van der Waals surface area (Å²) in [5, 5.41) is 0. The van der Waals surface area contributed by atoms with Crippen LogP contribution >= 0.6 is 0 Å². The number of ether oxygens (including phenoxy) is 1. The average molecular weight is 198 g/mol. The van der Waals surface area contributed by atoms with E-state index in [4.69, 9.17) is 4.74 Å². The van der Waals surface area contributed by atoms with Gasteiger partial charge in [-0.05, 0) is 32.6 Å². The molecule has 0 aromatic carbocycles. The molecule has 0 fully saturated rings. The molecule has 0 spiro atoms. The SMILES string of the molecule is CC=CCCCCC(CC)C(=O)OC. The second-order valence-electron chi connectivity index (χ2n) is 3.48. The maximum Gasteiger partial charge on any atom is 0.308 e. The molecule has 0 rings (SSSR count). The Kier molecular flexibility index (Phi) is 8.30. The van der Waals surface area contributed by atoms with E-state index < -0.39 is 0 Å². The van der Waals surface area contributed by atoms with Gasteiger partial charge in [-0.2, -0.15) is 0 Å². The van der Waals surface area contributed by atoms with Gasteiger partial charge in [-0.25, -0.2) is 0 Å². The van der Waals surface area contributed by atoms with Gasteiger partial charge in [0, 0.05) is 0 Å². The van der Waals surface area contributed by atoms with E-state index in [9.17, 15) is 4.79 Å². The van der Waals surface area contributed by atoms with Crippen LogP contribution in [0.5, 0.6) is 0 Å². The van der Waals surface area contributed by atoms with Crippen LogP contribution in [-0.2, 0) is 9.53 Å². The molecular weight excluding hydrogens is 176 g/mol. The highest BCUT2D eigenvalue weighted by atomic mass is 16.5. The molecular formula is C12H22O2. The first-order valence-corrected chi connectivity index (χ1v) is 5.45. The maximum absolute atomic E-state index is 11.2. The summed E-state index contributed by atoms with van der Waals surface area (Å²) in [7, 11) is 1.46. The van der Waals surface area contributed by atoms with Crippen LogP contribution in [0.1, 0.15) is 46.0 Å². The quantitative estimate of drug-likeness (QED) is 0.356. The van der Waals surface area contributed by atoms with Gasteiger partial charge < -0.3 is 4.74 Å². The standard InChI is InChI=1S/C12H22O2/c1-4-6-7-8-9-10-11(5-2)12(13)14-3/h4,6,11H,5,7-10H2,1-3H3. The zero-order valence-corrected chi connectivity index (χ0v) is 9.58. The Morgan fingerprint density at radius 1 is 1.43 bits per heavy atom. The lowest BCUT2D eigenvalue weighted by atomic mass is 9.99. The van der Waals surface area contributed by atoms with Gasteiger partial charge in [0.05, 0.1) is 13.0 Å². The Morgan fingerprint density at radius 3 is 2.64 bits per heavy atom. The van der Waals surface area contributed by atoms with Crippen molar-refractivity contribution < 1.29 is 9.53 Å². The number of unbranched alkanes of at least 4 members (excludes halogenated alkanes) is 2. The second-order valence-corrected chi connectivity index (χ2v) is 3.48. The smallest absolute Gasteiger partial charge is 0.308 e. The Balaban J connectivity index is 3.57. The summed E-state index contributed by atoms with van der Waals surface area (Å²) in [5.74, 6) is 0.0455. The zero-order chi connectivity index (χ0) is 10.8. The molecule has 0 amide bonds. The third-order valence-electron chi connectivity index (χ3n) is 2.44. The van der Waals surface area contributed by atoms with Crippen LogP contribution in [0.15, 0.2) is 12.2 Å². The largest absolute Gasteiger partial charge is 0.469 e. The zero-order valence-electron chi connectivity index (χ0n) is 9.58. The molecule has 0 heterocycles. The summed E-state index contributed by atoms with van der Waals surface area (Å²) < 4.78 is 4.73. The number of carbonyl (C=O) groups is 1. The van der Waals surface area contributed by atoms with E-state index in [-0.39, 0.29) is 11.9 Å². The van der Waals surface area contributed by atoms with Crippen molar-refractivity contribution in [1.29, 1.82) is 0 Å². The second kappa shape index (κ2) is 8.79. The fourth-order valence-corrected chi connectivity index (χ4v) is 1.47. The fraction of sp³-hybridized carbons (Fsp3) is 0.750. The van der Waals surface area contributed by atoms with Crippen molar-refractivity contribution in [3.63, 3.8) is 0 Å². The molecule has 1 atom stereocenters. The Labute approximate surface area is 87.3 Å². The molecule has 0 N–H and O–H groups in total. The van der Waals surface area contributed by atoms with E-state index in [0.29, 0.717) is 0 Å². The van der Waals surface area contributed by atoms with Crippen molar-refractivity contribution in [3.8, 4) is 0 Å². The predicted molar refractivity (Wildman–Crippen MR) is 59.1 cm³/mol. The van der Waals surface area contributed by atoms with Crippen LogP contribution in [0.2, 0.25) is 0 Å². The van der Waals surface area contributed by atoms with E-state index in [2.05, 4.69) is 12.2 Å². The van der Waals surface area contributed by atoms with Crippen molar-refractivity contribution in [2.75, 3.05) is 7.11 Å². The number of rotatable bonds is 7. The number of methoxy groups -OCH3 is 1. The molecule has 0 bridgehead atoms. The van der Waals surface area contributed by atoms with Gasteiger partial charge in [-0.1, -0.05) is 25.5 Å². The molecule has 0 aliphatic rings. The average Bonchev–Trinajstić information content (AvgIpc) is 2.22. The number of esters is 1. The van der Waals surface area contributed by atoms with E-state index >= 15 is 0 Å². The topological polar surface area (TPSA) is 26.3 Å². The first kappa shape index (κ1) is 13.2. The summed E-state index contributed by atoms with van der Waals surface area (Å²) in [6.07, 6.45) is 9.47. The van der Waals surface area contributed by atoms with Crippen molar-refractivity contribution in [2.24, 2.45) is 5.92 Å². The summed E-state index contributed by atoms with van der Waals surface area (Å²) in [4.78, 5) is 11.2. The van der Waals surface area contributed by atoms with Crippen LogP contribution in [0.3, 0.4) is 0 Å². The highest BCUT2D eigenvalue weighted by Crippen LogP contribution is 2.15. The molecule has 0 saturated heterocycles. The Morgan fingerprint density at radius 2 is 2.14 bits per heavy atom.